The molecule has 0 unspecified atom stereocenters. The van der Waals surface area contributed by atoms with E-state index in [0.29, 0.717) is 26.2 Å². The second-order valence-electron chi connectivity index (χ2n) is 16.3. The van der Waals surface area contributed by atoms with Gasteiger partial charge in [0.2, 0.25) is 0 Å². The molecule has 0 aromatic carbocycles. The number of quaternary nitrogens is 2. The molecule has 4 N–H and O–H groups in total. The Bertz CT molecular complexity index is 771. The fourth-order valence-electron chi connectivity index (χ4n) is 6.85. The van der Waals surface area contributed by atoms with Gasteiger partial charge in [-0.05, 0) is 36.3 Å². The van der Waals surface area contributed by atoms with Crippen LogP contribution in [0, 0.1) is 0 Å². The zero-order chi connectivity index (χ0) is 41.8. The summed E-state index contributed by atoms with van der Waals surface area (Å²) in [6.45, 7) is 9.85. The summed E-state index contributed by atoms with van der Waals surface area (Å²) >= 11 is 0. The Morgan fingerprint density at radius 3 is 0.564 bits per heavy atom. The minimum atomic E-state index is -5.17. The van der Waals surface area contributed by atoms with Crippen molar-refractivity contribution in [3.63, 3.8) is 0 Å². The van der Waals surface area contributed by atoms with Gasteiger partial charge in [0.05, 0.1) is 0 Å². The summed E-state index contributed by atoms with van der Waals surface area (Å²) in [5.41, 5.74) is 0. The molecule has 0 bridgehead atoms. The third-order valence-corrected chi connectivity index (χ3v) is 10.8. The Hall–Kier alpha value is -0.370. The van der Waals surface area contributed by atoms with Gasteiger partial charge in [-0.3, -0.25) is 8.42 Å². The molecule has 0 radical (unpaired) electrons. The fourth-order valence-corrected chi connectivity index (χ4v) is 6.85. The van der Waals surface area contributed by atoms with E-state index in [9.17, 15) is 20.8 Å². The summed E-state index contributed by atoms with van der Waals surface area (Å²) in [5.74, 6) is 0. The van der Waals surface area contributed by atoms with Gasteiger partial charge in [-0.15, -0.1) is 0 Å². The average Bonchev–Trinajstić information content (AvgIpc) is 3.13. The average molecular weight is 813 g/mol. The maximum absolute atomic E-state index is 9.45. The van der Waals surface area contributed by atoms with Crippen LogP contribution in [0.1, 0.15) is 259 Å². The Balaban J connectivity index is -0.000000874. The molecule has 0 spiro atoms. The predicted octanol–water partition coefficient (Wildman–Crippen LogP) is 13.9. The van der Waals surface area contributed by atoms with E-state index < -0.39 is 20.0 Å². The van der Waals surface area contributed by atoms with Crippen molar-refractivity contribution in [3.8, 4) is 0 Å². The number of hydrogen-bond acceptors (Lipinski definition) is 8. The van der Waals surface area contributed by atoms with Crippen molar-refractivity contribution in [2.75, 3.05) is 26.2 Å². The van der Waals surface area contributed by atoms with Crippen LogP contribution in [0.2, 0.25) is 0 Å². The van der Waals surface area contributed by atoms with Crippen LogP contribution in [0.3, 0.4) is 0 Å². The van der Waals surface area contributed by atoms with Crippen molar-refractivity contribution in [2.24, 2.45) is 0 Å². The van der Waals surface area contributed by atoms with Gasteiger partial charge < -0.3 is 9.11 Å². The maximum atomic E-state index is 9.45. The van der Waals surface area contributed by atoms with Gasteiger partial charge in [-0.1, -0.05) is 219 Å². The molecule has 55 heavy (non-hydrogen) atoms. The normalized spacial score (nSPS) is 12.0. The summed E-state index contributed by atoms with van der Waals surface area (Å²) in [6.07, 6.45) is 49.0. The van der Waals surface area contributed by atoms with Crippen LogP contribution in [0.25, 0.3) is 0 Å². The Kier molecular flexibility index (Phi) is 47.9. The summed E-state index contributed by atoms with van der Waals surface area (Å²) in [7, 11) is -5.17. The summed E-state index contributed by atoms with van der Waals surface area (Å²) in [5, 5.41) is 37.8. The Morgan fingerprint density at radius 1 is 0.309 bits per heavy atom. The van der Waals surface area contributed by atoms with Crippen LogP contribution < -0.4 is 0 Å². The zero-order valence-electron chi connectivity index (χ0n) is 37.0. The summed E-state index contributed by atoms with van der Waals surface area (Å²) in [6, 6.07) is 0. The lowest BCUT2D eigenvalue weighted by molar-refractivity contribution is -1.24. The van der Waals surface area contributed by atoms with E-state index in [1.54, 1.807) is 13.8 Å². The first-order valence-corrected chi connectivity index (χ1v) is 24.9. The molecule has 0 amide bonds. The molecule has 0 saturated heterocycles. The van der Waals surface area contributed by atoms with Gasteiger partial charge in [0, 0.05) is 23.2 Å². The first-order valence-electron chi connectivity index (χ1n) is 23.6. The molecule has 11 heteroatoms. The van der Waals surface area contributed by atoms with Crippen molar-refractivity contribution in [3.05, 3.63) is 0 Å². The topological polar surface area (TPSA) is 161 Å². The number of rotatable bonds is 40. The van der Waals surface area contributed by atoms with Gasteiger partial charge in [-0.25, -0.2) is 0 Å². The monoisotopic (exact) mass is 813 g/mol. The van der Waals surface area contributed by atoms with Crippen molar-refractivity contribution in [1.82, 2.24) is 0 Å². The predicted molar refractivity (Wildman–Crippen MR) is 227 cm³/mol. The number of hydrogen-bond donors (Lipinski definition) is 4. The van der Waals surface area contributed by atoms with Crippen LogP contribution in [-0.2, 0) is 10.4 Å². The third kappa shape index (κ3) is 63.0. The molecule has 0 heterocycles. The highest BCUT2D eigenvalue weighted by Crippen LogP contribution is 2.16. The maximum Gasteiger partial charge on any atom is 0.142 e. The smallest absolute Gasteiger partial charge is 0.142 e. The molecular weight excluding hydrogens is 717 g/mol. The van der Waals surface area contributed by atoms with Crippen LogP contribution >= 0.6 is 0 Å². The van der Waals surface area contributed by atoms with E-state index in [0.717, 1.165) is 25.7 Å². The lowest BCUT2D eigenvalue weighted by atomic mass is 10.0. The Morgan fingerprint density at radius 2 is 0.436 bits per heavy atom. The van der Waals surface area contributed by atoms with Crippen LogP contribution in [0.4, 0.5) is 0 Å². The molecule has 0 aromatic heterocycles. The highest BCUT2D eigenvalue weighted by Gasteiger charge is 2.18. The summed E-state index contributed by atoms with van der Waals surface area (Å²) in [4.78, 5) is -1.61. The molecule has 10 nitrogen and oxygen atoms in total. The van der Waals surface area contributed by atoms with Crippen LogP contribution in [0.15, 0.2) is 0 Å². The molecule has 0 rings (SSSR count). The summed E-state index contributed by atoms with van der Waals surface area (Å²) < 4.78 is 34.1. The Labute approximate surface area is 342 Å². The number of unbranched alkanes of at least 4 members (excludes halogenated alkanes) is 34. The molecule has 0 saturated carbocycles. The molecule has 0 aliphatic rings. The van der Waals surface area contributed by atoms with Crippen LogP contribution in [-0.4, -0.2) is 74.2 Å². The van der Waals surface area contributed by atoms with Gasteiger partial charge in [0.25, 0.3) is 0 Å². The largest absolute Gasteiger partial charge is 0.759 e. The minimum Gasteiger partial charge on any atom is -0.759 e. The standard InChI is InChI=1S/2C22H48NO2.H2O4S/c2*1-3-5-6-7-8-9-10-11-12-13-14-15-16-17-18-19-20-21-22-23(24,25)4-2;1-5(2,3)4/h2*24-25H,3-22H2,1-2H3;(H2,1,2,3,4)/q2*+1;/p-2. The van der Waals surface area contributed by atoms with E-state index in [4.69, 9.17) is 17.5 Å². The second kappa shape index (κ2) is 44.7. The number of nitrogens with zero attached hydrogens (tertiary/aromatic N) is 2. The van der Waals surface area contributed by atoms with Gasteiger partial charge >= 0.3 is 0 Å². The first-order chi connectivity index (χ1) is 26.2. The van der Waals surface area contributed by atoms with Crippen molar-refractivity contribution in [2.45, 2.75) is 259 Å². The van der Waals surface area contributed by atoms with E-state index in [1.165, 1.54) is 205 Å². The van der Waals surface area contributed by atoms with Gasteiger partial charge in [0.1, 0.15) is 26.2 Å². The van der Waals surface area contributed by atoms with E-state index in [2.05, 4.69) is 13.8 Å². The molecule has 0 aliphatic carbocycles. The quantitative estimate of drug-likeness (QED) is 0.0156. The molecule has 0 aromatic rings. The third-order valence-electron chi connectivity index (χ3n) is 10.8. The first kappa shape index (κ1) is 58.9. The zero-order valence-corrected chi connectivity index (χ0v) is 37.8. The van der Waals surface area contributed by atoms with Gasteiger partial charge in [0.15, 0.2) is 0 Å². The lowest BCUT2D eigenvalue weighted by Crippen LogP contribution is -2.41. The highest BCUT2D eigenvalue weighted by atomic mass is 32.3. The minimum absolute atomic E-state index is 0.374. The molecule has 0 aliphatic heterocycles. The molecule has 0 fully saturated rings. The van der Waals surface area contributed by atoms with Crippen LogP contribution in [0.5, 0.6) is 0 Å². The molecule has 0 atom stereocenters. The SMILES string of the molecule is CCCCCCCCCCCCCCCCCCCC[N+](O)(O)CC.CCCCCCCCCCCCCCCCCCCC[N+](O)(O)CC.O=S(=O)([O-])[O-]. The van der Waals surface area contributed by atoms with Gasteiger partial charge in [-0.2, -0.15) is 20.8 Å². The van der Waals surface area contributed by atoms with E-state index in [-0.39, 0.29) is 0 Å². The number of hydroxylamine groups is 8. The van der Waals surface area contributed by atoms with E-state index >= 15 is 0 Å². The highest BCUT2D eigenvalue weighted by molar-refractivity contribution is 7.79. The second-order valence-corrected chi connectivity index (χ2v) is 17.1. The fraction of sp³-hybridized carbons (Fsp3) is 1.00. The molecule has 336 valence electrons. The lowest BCUT2D eigenvalue weighted by Gasteiger charge is -2.18. The van der Waals surface area contributed by atoms with Crippen molar-refractivity contribution in [1.29, 1.82) is 0 Å². The van der Waals surface area contributed by atoms with Crippen molar-refractivity contribution >= 4 is 10.4 Å². The van der Waals surface area contributed by atoms with Crippen molar-refractivity contribution < 1.29 is 48.0 Å². The molecular formula is C44H96N2O8S. The van der Waals surface area contributed by atoms with E-state index in [1.807, 2.05) is 0 Å².